The quantitative estimate of drug-likeness (QED) is 0.879. The third-order valence-electron chi connectivity index (χ3n) is 2.63. The number of para-hydroxylation sites is 1. The summed E-state index contributed by atoms with van der Waals surface area (Å²) >= 11 is 0. The van der Waals surface area contributed by atoms with Gasteiger partial charge in [0, 0.05) is 5.56 Å². The Morgan fingerprint density at radius 3 is 2.44 bits per heavy atom. The largest absolute Gasteiger partial charge is 0.496 e. The smallest absolute Gasteiger partial charge is 0.237 e. The van der Waals surface area contributed by atoms with Gasteiger partial charge in [-0.3, -0.25) is 4.79 Å². The molecule has 4 nitrogen and oxygen atoms in total. The lowest BCUT2D eigenvalue weighted by Gasteiger charge is -2.29. The summed E-state index contributed by atoms with van der Waals surface area (Å²) in [6, 6.07) is 7.09. The number of hydrogen-bond acceptors (Lipinski definition) is 3. The van der Waals surface area contributed by atoms with Crippen LogP contribution in [0.3, 0.4) is 0 Å². The Kier molecular flexibility index (Phi) is 6.15. The van der Waals surface area contributed by atoms with Gasteiger partial charge in [0.15, 0.2) is 0 Å². The predicted molar refractivity (Wildman–Crippen MR) is 75.1 cm³/mol. The number of ether oxygens (including phenoxy) is 1. The third kappa shape index (κ3) is 3.89. The highest BCUT2D eigenvalue weighted by atomic mass is 35.5. The Labute approximate surface area is 114 Å². The lowest BCUT2D eigenvalue weighted by atomic mass is 9.93. The van der Waals surface area contributed by atoms with Gasteiger partial charge in [-0.15, -0.1) is 12.4 Å². The number of nitrogens with one attached hydrogen (secondary N) is 1. The number of methoxy groups -OCH3 is 1. The van der Waals surface area contributed by atoms with Gasteiger partial charge in [-0.1, -0.05) is 18.2 Å². The number of nitrogens with two attached hydrogens (primary N) is 1. The lowest BCUT2D eigenvalue weighted by molar-refractivity contribution is -0.123. The molecule has 0 aliphatic rings. The van der Waals surface area contributed by atoms with E-state index in [4.69, 9.17) is 10.5 Å². The zero-order valence-electron chi connectivity index (χ0n) is 11.2. The Morgan fingerprint density at radius 2 is 1.94 bits per heavy atom. The normalized spacial score (nSPS) is 12.3. The molecule has 0 spiro atoms. The van der Waals surface area contributed by atoms with Gasteiger partial charge in [-0.2, -0.15) is 0 Å². The zero-order chi connectivity index (χ0) is 13.1. The number of benzene rings is 1. The molecule has 1 atom stereocenters. The second-order valence-electron chi connectivity index (χ2n) is 4.60. The molecule has 0 saturated heterocycles. The van der Waals surface area contributed by atoms with Crippen LogP contribution in [0.2, 0.25) is 0 Å². The summed E-state index contributed by atoms with van der Waals surface area (Å²) in [6.07, 6.45) is 0. The molecule has 0 bridgehead atoms. The molecule has 0 aromatic heterocycles. The van der Waals surface area contributed by atoms with Gasteiger partial charge < -0.3 is 15.8 Å². The highest BCUT2D eigenvalue weighted by Crippen LogP contribution is 2.29. The minimum absolute atomic E-state index is 0. The maximum atomic E-state index is 11.7. The number of halogens is 1. The van der Waals surface area contributed by atoms with E-state index in [2.05, 4.69) is 5.32 Å². The van der Waals surface area contributed by atoms with Gasteiger partial charge in [0.2, 0.25) is 5.91 Å². The van der Waals surface area contributed by atoms with E-state index in [0.717, 1.165) is 11.3 Å². The average Bonchev–Trinajstić information content (AvgIpc) is 2.28. The van der Waals surface area contributed by atoms with Crippen molar-refractivity contribution in [1.29, 1.82) is 0 Å². The summed E-state index contributed by atoms with van der Waals surface area (Å²) in [7, 11) is 1.61. The van der Waals surface area contributed by atoms with Crippen LogP contribution in [-0.4, -0.2) is 19.1 Å². The Balaban J connectivity index is 0.00000289. The van der Waals surface area contributed by atoms with E-state index in [9.17, 15) is 4.79 Å². The van der Waals surface area contributed by atoms with E-state index in [1.165, 1.54) is 0 Å². The van der Waals surface area contributed by atoms with Gasteiger partial charge >= 0.3 is 0 Å². The highest BCUT2D eigenvalue weighted by Gasteiger charge is 2.26. The van der Waals surface area contributed by atoms with Gasteiger partial charge in [-0.05, 0) is 26.8 Å². The van der Waals surface area contributed by atoms with Crippen LogP contribution in [0.1, 0.15) is 26.3 Å². The van der Waals surface area contributed by atoms with Crippen molar-refractivity contribution in [2.75, 3.05) is 7.11 Å². The zero-order valence-corrected chi connectivity index (χ0v) is 12.0. The summed E-state index contributed by atoms with van der Waals surface area (Å²) in [5, 5.41) is 2.90. The maximum absolute atomic E-state index is 11.7. The van der Waals surface area contributed by atoms with E-state index in [0.29, 0.717) is 0 Å². The first-order valence-electron chi connectivity index (χ1n) is 5.59. The maximum Gasteiger partial charge on any atom is 0.237 e. The van der Waals surface area contributed by atoms with Gasteiger partial charge in [-0.25, -0.2) is 0 Å². The topological polar surface area (TPSA) is 64.3 Å². The van der Waals surface area contributed by atoms with Crippen molar-refractivity contribution in [3.63, 3.8) is 0 Å². The lowest BCUT2D eigenvalue weighted by Crippen LogP contribution is -2.47. The van der Waals surface area contributed by atoms with Gasteiger partial charge in [0.25, 0.3) is 0 Å². The number of rotatable bonds is 4. The Morgan fingerprint density at radius 1 is 1.39 bits per heavy atom. The molecule has 3 N–H and O–H groups in total. The minimum Gasteiger partial charge on any atom is -0.496 e. The molecule has 5 heteroatoms. The number of carbonyl (C=O) groups is 1. The van der Waals surface area contributed by atoms with Crippen LogP contribution in [-0.2, 0) is 10.3 Å². The standard InChI is InChI=1S/C13H20N2O2.ClH/c1-9(14)12(16)15-13(2,3)10-7-5-6-8-11(10)17-4;/h5-9H,14H2,1-4H3,(H,15,16);1H/t9-;/m0./s1. The third-order valence-corrected chi connectivity index (χ3v) is 2.63. The van der Waals surface area contributed by atoms with E-state index < -0.39 is 11.6 Å². The van der Waals surface area contributed by atoms with Crippen molar-refractivity contribution < 1.29 is 9.53 Å². The minimum atomic E-state index is -0.524. The summed E-state index contributed by atoms with van der Waals surface area (Å²) in [4.78, 5) is 11.7. The fourth-order valence-electron chi connectivity index (χ4n) is 1.65. The summed E-state index contributed by atoms with van der Waals surface area (Å²) < 4.78 is 5.29. The number of hydrogen-bond donors (Lipinski definition) is 2. The second kappa shape index (κ2) is 6.61. The van der Waals surface area contributed by atoms with Crippen molar-refractivity contribution in [2.45, 2.75) is 32.4 Å². The first-order valence-corrected chi connectivity index (χ1v) is 5.59. The van der Waals surface area contributed by atoms with Gasteiger partial charge in [0.1, 0.15) is 5.75 Å². The van der Waals surface area contributed by atoms with Crippen molar-refractivity contribution >= 4 is 18.3 Å². The summed E-state index contributed by atoms with van der Waals surface area (Å²) in [6.45, 7) is 5.50. The summed E-state index contributed by atoms with van der Waals surface area (Å²) in [5.41, 5.74) is 5.96. The van der Waals surface area contributed by atoms with Crippen LogP contribution < -0.4 is 15.8 Å². The van der Waals surface area contributed by atoms with E-state index in [1.54, 1.807) is 14.0 Å². The van der Waals surface area contributed by atoms with Crippen LogP contribution in [0.15, 0.2) is 24.3 Å². The van der Waals surface area contributed by atoms with Crippen molar-refractivity contribution in [2.24, 2.45) is 5.73 Å². The molecule has 0 radical (unpaired) electrons. The Bertz CT molecular complexity index is 406. The number of amides is 1. The molecule has 1 amide bonds. The van der Waals surface area contributed by atoms with Crippen LogP contribution in [0, 0.1) is 0 Å². The van der Waals surface area contributed by atoms with Crippen LogP contribution in [0.5, 0.6) is 5.75 Å². The monoisotopic (exact) mass is 272 g/mol. The van der Waals surface area contributed by atoms with Gasteiger partial charge in [0.05, 0.1) is 18.7 Å². The highest BCUT2D eigenvalue weighted by molar-refractivity contribution is 5.85. The summed E-state index contributed by atoms with van der Waals surface area (Å²) in [5.74, 6) is 0.573. The predicted octanol–water partition coefficient (Wildman–Crippen LogP) is 1.82. The second-order valence-corrected chi connectivity index (χ2v) is 4.60. The fourth-order valence-corrected chi connectivity index (χ4v) is 1.65. The molecule has 1 rings (SSSR count). The first kappa shape index (κ1) is 16.7. The van der Waals surface area contributed by atoms with Crippen molar-refractivity contribution in [1.82, 2.24) is 5.32 Å². The van der Waals surface area contributed by atoms with Crippen LogP contribution in [0.25, 0.3) is 0 Å². The molecule has 102 valence electrons. The first-order chi connectivity index (χ1) is 7.88. The molecular formula is C13H21ClN2O2. The molecule has 18 heavy (non-hydrogen) atoms. The van der Waals surface area contributed by atoms with E-state index in [1.807, 2.05) is 38.1 Å². The molecular weight excluding hydrogens is 252 g/mol. The molecule has 1 aromatic rings. The average molecular weight is 273 g/mol. The fraction of sp³-hybridized carbons (Fsp3) is 0.462. The van der Waals surface area contributed by atoms with E-state index >= 15 is 0 Å². The molecule has 0 saturated carbocycles. The molecule has 1 aromatic carbocycles. The molecule has 0 unspecified atom stereocenters. The SMILES string of the molecule is COc1ccccc1C(C)(C)NC(=O)[C@H](C)N.Cl. The van der Waals surface area contributed by atoms with Crippen molar-refractivity contribution in [3.05, 3.63) is 29.8 Å². The van der Waals surface area contributed by atoms with E-state index in [-0.39, 0.29) is 18.3 Å². The Hall–Kier alpha value is -1.26. The molecule has 0 heterocycles. The van der Waals surface area contributed by atoms with Crippen LogP contribution >= 0.6 is 12.4 Å². The van der Waals surface area contributed by atoms with Crippen LogP contribution in [0.4, 0.5) is 0 Å². The molecule has 0 aliphatic heterocycles. The van der Waals surface area contributed by atoms with Crippen molar-refractivity contribution in [3.8, 4) is 5.75 Å². The number of carbonyl (C=O) groups excluding carboxylic acids is 1. The molecule has 0 aliphatic carbocycles. The molecule has 0 fully saturated rings.